The molecule has 0 bridgehead atoms. The SMILES string of the molecule is CCOc1cc2c(cc1OC)C(c1ccc(C(=O)N3CCC(n4c(=O)c5sc(-c6ccc7c(c6)OCO7)cc5n(Cc5ccc(OC)c(F)c5)c4=O)CC3)cc1)=N[C@@H]1CCOC(S)[C@H]21. The van der Waals surface area contributed by atoms with Crippen LogP contribution in [0.1, 0.15) is 70.8 Å². The van der Waals surface area contributed by atoms with Gasteiger partial charge < -0.3 is 33.3 Å². The summed E-state index contributed by atoms with van der Waals surface area (Å²) in [5.41, 5.74) is 4.69. The number of fused-ring (bicyclic) bond motifs is 5. The van der Waals surface area contributed by atoms with Crippen LogP contribution in [0.2, 0.25) is 0 Å². The quantitative estimate of drug-likeness (QED) is 0.138. The second kappa shape index (κ2) is 17.1. The van der Waals surface area contributed by atoms with Gasteiger partial charge in [0.2, 0.25) is 6.79 Å². The monoisotopic (exact) mass is 904 g/mol. The van der Waals surface area contributed by atoms with E-state index in [1.165, 1.54) is 39.7 Å². The first-order valence-electron chi connectivity index (χ1n) is 21.3. The zero-order chi connectivity index (χ0) is 44.2. The number of thiophene rings is 1. The number of carbonyl (C=O) groups is 1. The van der Waals surface area contributed by atoms with E-state index < -0.39 is 23.1 Å². The lowest BCUT2D eigenvalue weighted by atomic mass is 9.80. The molecular formula is C48H45FN4O9S2. The topological polar surface area (TPSA) is 132 Å². The summed E-state index contributed by atoms with van der Waals surface area (Å²) < 4.78 is 52.0. The molecule has 10 rings (SSSR count). The second-order valence-electron chi connectivity index (χ2n) is 16.2. The van der Waals surface area contributed by atoms with Crippen LogP contribution < -0.4 is 34.9 Å². The van der Waals surface area contributed by atoms with Crippen LogP contribution in [0, 0.1) is 5.82 Å². The van der Waals surface area contributed by atoms with Gasteiger partial charge in [-0.05, 0) is 104 Å². The first kappa shape index (κ1) is 41.9. The molecule has 64 heavy (non-hydrogen) atoms. The molecule has 0 radical (unpaired) electrons. The van der Waals surface area contributed by atoms with Gasteiger partial charge in [-0.2, -0.15) is 0 Å². The Morgan fingerprint density at radius 2 is 1.66 bits per heavy atom. The number of piperidine rings is 1. The molecule has 0 aliphatic carbocycles. The molecule has 2 aromatic heterocycles. The molecule has 2 fully saturated rings. The number of hydrogen-bond donors (Lipinski definition) is 1. The molecule has 16 heteroatoms. The smallest absolute Gasteiger partial charge is 0.332 e. The van der Waals surface area contributed by atoms with Gasteiger partial charge in [0.25, 0.3) is 11.5 Å². The fourth-order valence-corrected chi connectivity index (χ4v) is 10.9. The van der Waals surface area contributed by atoms with Gasteiger partial charge in [-0.15, -0.1) is 24.0 Å². The second-order valence-corrected chi connectivity index (χ2v) is 17.7. The van der Waals surface area contributed by atoms with E-state index >= 15 is 0 Å². The van der Waals surface area contributed by atoms with Crippen molar-refractivity contribution in [3.8, 4) is 39.2 Å². The van der Waals surface area contributed by atoms with E-state index in [4.69, 9.17) is 46.0 Å². The Kier molecular flexibility index (Phi) is 11.2. The Morgan fingerprint density at radius 3 is 2.41 bits per heavy atom. The minimum Gasteiger partial charge on any atom is -0.494 e. The highest BCUT2D eigenvalue weighted by Crippen LogP contribution is 2.45. The molecule has 6 aromatic rings. The van der Waals surface area contributed by atoms with E-state index in [9.17, 15) is 18.8 Å². The Labute approximate surface area is 377 Å². The number of aromatic nitrogens is 2. The first-order valence-corrected chi connectivity index (χ1v) is 22.6. The van der Waals surface area contributed by atoms with Gasteiger partial charge in [-0.3, -0.25) is 23.7 Å². The molecule has 0 N–H and O–H groups in total. The maximum atomic E-state index is 14.9. The van der Waals surface area contributed by atoms with Crippen LogP contribution >= 0.6 is 24.0 Å². The number of ether oxygens (including phenoxy) is 6. The first-order chi connectivity index (χ1) is 31.1. The lowest BCUT2D eigenvalue weighted by Gasteiger charge is -2.39. The van der Waals surface area contributed by atoms with E-state index in [-0.39, 0.29) is 42.4 Å². The number of aliphatic imine (C=N–C) groups is 1. The van der Waals surface area contributed by atoms with Crippen molar-refractivity contribution in [1.82, 2.24) is 14.0 Å². The molecule has 4 aliphatic rings. The maximum absolute atomic E-state index is 14.9. The molecule has 0 spiro atoms. The zero-order valence-electron chi connectivity index (χ0n) is 35.4. The molecular weight excluding hydrogens is 860 g/mol. The minimum atomic E-state index is -0.555. The third-order valence-corrected chi connectivity index (χ3v) is 14.2. The van der Waals surface area contributed by atoms with E-state index in [1.807, 2.05) is 67.6 Å². The van der Waals surface area contributed by atoms with Crippen LogP contribution in [-0.2, 0) is 11.3 Å². The van der Waals surface area contributed by atoms with Crippen molar-refractivity contribution in [2.75, 3.05) is 47.3 Å². The fraction of sp³-hybridized carbons (Fsp3) is 0.333. The van der Waals surface area contributed by atoms with Crippen LogP contribution in [0.3, 0.4) is 0 Å². The number of amides is 1. The molecule has 2 saturated heterocycles. The van der Waals surface area contributed by atoms with Gasteiger partial charge in [0.1, 0.15) is 10.1 Å². The number of likely N-dealkylation sites (tertiary alicyclic amines) is 1. The summed E-state index contributed by atoms with van der Waals surface area (Å²) >= 11 is 6.08. The highest BCUT2D eigenvalue weighted by molar-refractivity contribution is 7.80. The van der Waals surface area contributed by atoms with Crippen LogP contribution in [0.5, 0.6) is 28.7 Å². The van der Waals surface area contributed by atoms with Crippen LogP contribution in [-0.4, -0.2) is 84.4 Å². The molecule has 1 amide bonds. The summed E-state index contributed by atoms with van der Waals surface area (Å²) in [7, 11) is 3.01. The van der Waals surface area contributed by atoms with Crippen molar-refractivity contribution in [1.29, 1.82) is 0 Å². The summed E-state index contributed by atoms with van der Waals surface area (Å²) in [5, 5.41) is 0. The van der Waals surface area contributed by atoms with Crippen molar-refractivity contribution >= 4 is 45.8 Å². The predicted molar refractivity (Wildman–Crippen MR) is 244 cm³/mol. The van der Waals surface area contributed by atoms with E-state index in [0.717, 1.165) is 39.3 Å². The molecule has 6 heterocycles. The van der Waals surface area contributed by atoms with Gasteiger partial charge in [-0.25, -0.2) is 9.18 Å². The van der Waals surface area contributed by atoms with E-state index in [1.54, 1.807) is 18.1 Å². The maximum Gasteiger partial charge on any atom is 0.332 e. The number of carbonyl (C=O) groups excluding carboxylic acids is 1. The van der Waals surface area contributed by atoms with Crippen LogP contribution in [0.15, 0.2) is 93.4 Å². The molecule has 0 saturated carbocycles. The zero-order valence-corrected chi connectivity index (χ0v) is 37.1. The van der Waals surface area contributed by atoms with Gasteiger partial charge in [0, 0.05) is 46.6 Å². The standard InChI is InChI=1S/C48H45FN4O9S2/c1-4-59-40-21-31-32(22-38(40)58-3)43(50-34-15-18-60-47(63)42(31)34)27-6-8-28(9-7-27)45(54)51-16-13-30(14-17-51)53-46(55)44-35(23-41(64-44)29-10-12-37-39(20-29)62-25-61-37)52(48(53)56)24-26-5-11-36(57-2)33(49)19-26/h5-12,19-23,30,34,42,47,63H,4,13-18,24-25H2,1-3H3/t34-,42-,47?/m1/s1. The normalized spacial score (nSPS) is 19.2. The molecule has 1 unspecified atom stereocenters. The molecule has 330 valence electrons. The van der Waals surface area contributed by atoms with Crippen molar-refractivity contribution in [3.63, 3.8) is 0 Å². The molecule has 3 atom stereocenters. The third-order valence-electron chi connectivity index (χ3n) is 12.6. The number of halogens is 1. The van der Waals surface area contributed by atoms with Crippen LogP contribution in [0.4, 0.5) is 4.39 Å². The van der Waals surface area contributed by atoms with E-state index in [2.05, 4.69) is 0 Å². The summed E-state index contributed by atoms with van der Waals surface area (Å²) in [6.45, 7) is 3.80. The van der Waals surface area contributed by atoms with Gasteiger partial charge in [0.15, 0.2) is 34.6 Å². The van der Waals surface area contributed by atoms with Crippen molar-refractivity contribution in [2.24, 2.45) is 4.99 Å². The average molecular weight is 905 g/mol. The van der Waals surface area contributed by atoms with Gasteiger partial charge >= 0.3 is 5.69 Å². The summed E-state index contributed by atoms with van der Waals surface area (Å²) in [6, 6.07) is 22.9. The third kappa shape index (κ3) is 7.40. The fourth-order valence-electron chi connectivity index (χ4n) is 9.34. The Bertz CT molecular complexity index is 2960. The minimum absolute atomic E-state index is 0.0202. The Morgan fingerprint density at radius 1 is 0.891 bits per heavy atom. The number of nitrogens with zero attached hydrogens (tertiary/aromatic N) is 4. The Hall–Kier alpha value is -6.10. The number of rotatable bonds is 10. The number of methoxy groups -OCH3 is 2. The molecule has 4 aliphatic heterocycles. The number of hydrogen-bond acceptors (Lipinski definition) is 12. The van der Waals surface area contributed by atoms with Crippen molar-refractivity contribution in [3.05, 3.63) is 133 Å². The average Bonchev–Trinajstić information content (AvgIpc) is 3.98. The van der Waals surface area contributed by atoms with Crippen molar-refractivity contribution in [2.45, 2.75) is 56.2 Å². The van der Waals surface area contributed by atoms with Crippen molar-refractivity contribution < 1.29 is 37.6 Å². The van der Waals surface area contributed by atoms with E-state index in [0.29, 0.717) is 83.5 Å². The summed E-state index contributed by atoms with van der Waals surface area (Å²) in [4.78, 5) is 50.7. The Balaban J connectivity index is 0.919. The summed E-state index contributed by atoms with van der Waals surface area (Å²) in [6.07, 6.45) is 1.53. The lowest BCUT2D eigenvalue weighted by molar-refractivity contribution is 0.0463. The highest BCUT2D eigenvalue weighted by Gasteiger charge is 2.40. The number of benzene rings is 4. The van der Waals surface area contributed by atoms with Gasteiger partial charge in [0.05, 0.1) is 51.2 Å². The largest absolute Gasteiger partial charge is 0.494 e. The van der Waals surface area contributed by atoms with Crippen LogP contribution in [0.25, 0.3) is 20.7 Å². The number of thiol groups is 1. The summed E-state index contributed by atoms with van der Waals surface area (Å²) in [5.74, 6) is 1.81. The molecule has 13 nitrogen and oxygen atoms in total. The lowest BCUT2D eigenvalue weighted by Crippen LogP contribution is -2.46. The highest BCUT2D eigenvalue weighted by atomic mass is 32.1. The predicted octanol–water partition coefficient (Wildman–Crippen LogP) is 7.68. The molecule has 4 aromatic carbocycles. The van der Waals surface area contributed by atoms with Gasteiger partial charge in [-0.1, -0.05) is 18.2 Å².